The molecule has 71 heavy (non-hydrogen) atoms. The fraction of sp³-hybridized carbons (Fsp3) is 0.567. The average molecular weight is 975 g/mol. The van der Waals surface area contributed by atoms with Crippen molar-refractivity contribution in [2.75, 3.05) is 6.61 Å². The summed E-state index contributed by atoms with van der Waals surface area (Å²) >= 11 is 0. The van der Waals surface area contributed by atoms with Crippen LogP contribution >= 0.6 is 0 Å². The predicted octanol–water partition coefficient (Wildman–Crippen LogP) is 19.5. The summed E-state index contributed by atoms with van der Waals surface area (Å²) in [4.78, 5) is 12.5. The standard InChI is InChI=1S/C67H107NO3/c1-3-5-7-9-11-13-15-17-19-21-23-25-26-27-28-29-30-31-32-33-34-35-36-37-38-39-40-41-42-43-45-47-49-51-53-55-57-59-61-63-67(71)68-65(64-69)66(70)62-60-58-56-54-52-50-48-46-44-24-22-20-18-16-14-12-10-8-6-4-2/h5,7,11,13,17,19,23,25,27-28,30-31,33-34,36-37,39-40,42-44,46-47,49,52,54,60,62,65-66,69-70H,3-4,6,8-10,12,14-16,18,20-22,24,26,29,32,35,38,41,45,48,50-51,53,55-59,61,63-64H2,1-2H3,(H,68,71)/b7-5-,13-11-,19-17-,25-23-,28-27-,31-30-,34-33-,37-36-,40-39-,43-42-,46-44+,49-47-,54-52+,62-60+. The number of rotatable bonds is 50. The molecule has 0 aromatic heterocycles. The molecule has 2 unspecified atom stereocenters. The molecule has 0 fully saturated rings. The zero-order valence-corrected chi connectivity index (χ0v) is 45.7. The second kappa shape index (κ2) is 60.1. The van der Waals surface area contributed by atoms with Gasteiger partial charge in [-0.2, -0.15) is 0 Å². The molecule has 2 atom stereocenters. The molecule has 0 aromatic carbocycles. The van der Waals surface area contributed by atoms with E-state index in [9.17, 15) is 15.0 Å². The van der Waals surface area contributed by atoms with Crippen LogP contribution in [-0.2, 0) is 4.79 Å². The summed E-state index contributed by atoms with van der Waals surface area (Å²) in [6.45, 7) is 4.16. The summed E-state index contributed by atoms with van der Waals surface area (Å²) in [5.41, 5.74) is 0. The molecule has 0 radical (unpaired) electrons. The van der Waals surface area contributed by atoms with Gasteiger partial charge in [0.2, 0.25) is 5.91 Å². The van der Waals surface area contributed by atoms with Gasteiger partial charge in [-0.05, 0) is 128 Å². The van der Waals surface area contributed by atoms with Crippen LogP contribution < -0.4 is 5.32 Å². The minimum atomic E-state index is -0.892. The molecule has 0 saturated carbocycles. The van der Waals surface area contributed by atoms with Crippen LogP contribution in [0.4, 0.5) is 0 Å². The molecule has 0 heterocycles. The maximum Gasteiger partial charge on any atom is 0.220 e. The minimum absolute atomic E-state index is 0.104. The van der Waals surface area contributed by atoms with Crippen LogP contribution in [0, 0.1) is 0 Å². The molecule has 0 saturated heterocycles. The van der Waals surface area contributed by atoms with Crippen LogP contribution in [0.25, 0.3) is 0 Å². The van der Waals surface area contributed by atoms with E-state index in [1.165, 1.54) is 77.0 Å². The van der Waals surface area contributed by atoms with Crippen LogP contribution in [-0.4, -0.2) is 34.9 Å². The molecular formula is C67H107NO3. The third kappa shape index (κ3) is 56.5. The summed E-state index contributed by atoms with van der Waals surface area (Å²) in [5, 5.41) is 23.1. The Balaban J connectivity index is 3.73. The second-order valence-corrected chi connectivity index (χ2v) is 18.6. The van der Waals surface area contributed by atoms with Crippen molar-refractivity contribution >= 4 is 5.91 Å². The molecule has 0 aromatic rings. The fourth-order valence-corrected chi connectivity index (χ4v) is 7.57. The molecular weight excluding hydrogens is 867 g/mol. The van der Waals surface area contributed by atoms with Crippen molar-refractivity contribution in [3.8, 4) is 0 Å². The van der Waals surface area contributed by atoms with Crippen LogP contribution in [0.3, 0.4) is 0 Å². The maximum absolute atomic E-state index is 12.5. The van der Waals surface area contributed by atoms with Gasteiger partial charge < -0.3 is 15.5 Å². The normalized spacial score (nSPS) is 14.1. The number of amides is 1. The first-order valence-corrected chi connectivity index (χ1v) is 28.8. The lowest BCUT2D eigenvalue weighted by Crippen LogP contribution is -2.45. The van der Waals surface area contributed by atoms with Gasteiger partial charge in [0, 0.05) is 6.42 Å². The molecule has 4 heteroatoms. The summed E-state index contributed by atoms with van der Waals surface area (Å²) in [6, 6.07) is -0.670. The lowest BCUT2D eigenvalue weighted by atomic mass is 10.1. The molecule has 0 aliphatic rings. The zero-order chi connectivity index (χ0) is 51.3. The highest BCUT2D eigenvalue weighted by molar-refractivity contribution is 5.76. The summed E-state index contributed by atoms with van der Waals surface area (Å²) in [6.07, 6.45) is 97.9. The van der Waals surface area contributed by atoms with E-state index in [0.717, 1.165) is 128 Å². The molecule has 0 aliphatic carbocycles. The fourth-order valence-electron chi connectivity index (χ4n) is 7.57. The van der Waals surface area contributed by atoms with E-state index in [-0.39, 0.29) is 12.5 Å². The third-order valence-corrected chi connectivity index (χ3v) is 11.9. The van der Waals surface area contributed by atoms with Gasteiger partial charge in [-0.25, -0.2) is 0 Å². The van der Waals surface area contributed by atoms with Crippen molar-refractivity contribution in [3.63, 3.8) is 0 Å². The highest BCUT2D eigenvalue weighted by Gasteiger charge is 2.17. The topological polar surface area (TPSA) is 69.6 Å². The molecule has 0 rings (SSSR count). The first-order chi connectivity index (χ1) is 35.2. The van der Waals surface area contributed by atoms with E-state index in [0.29, 0.717) is 6.42 Å². The molecule has 4 nitrogen and oxygen atoms in total. The highest BCUT2D eigenvalue weighted by atomic mass is 16.3. The van der Waals surface area contributed by atoms with E-state index in [1.54, 1.807) is 6.08 Å². The van der Waals surface area contributed by atoms with Crippen LogP contribution in [0.15, 0.2) is 170 Å². The Labute approximate surface area is 438 Å². The zero-order valence-electron chi connectivity index (χ0n) is 45.7. The van der Waals surface area contributed by atoms with Gasteiger partial charge in [-0.1, -0.05) is 261 Å². The Morgan fingerprint density at radius 3 is 0.986 bits per heavy atom. The van der Waals surface area contributed by atoms with Crippen molar-refractivity contribution in [1.29, 1.82) is 0 Å². The number of aliphatic hydroxyl groups is 2. The highest BCUT2D eigenvalue weighted by Crippen LogP contribution is 2.12. The summed E-state index contributed by atoms with van der Waals surface area (Å²) in [7, 11) is 0. The minimum Gasteiger partial charge on any atom is -0.394 e. The Bertz CT molecular complexity index is 1570. The third-order valence-electron chi connectivity index (χ3n) is 11.9. The molecule has 1 amide bonds. The monoisotopic (exact) mass is 974 g/mol. The van der Waals surface area contributed by atoms with E-state index in [2.05, 4.69) is 177 Å². The van der Waals surface area contributed by atoms with Gasteiger partial charge in [0.15, 0.2) is 0 Å². The first kappa shape index (κ1) is 66.8. The Hall–Kier alpha value is -4.25. The van der Waals surface area contributed by atoms with Crippen molar-refractivity contribution in [3.05, 3.63) is 170 Å². The number of unbranched alkanes of at least 4 members (excludes halogenated alkanes) is 17. The number of nitrogens with one attached hydrogen (secondary N) is 1. The Kier molecular flexibility index (Phi) is 56.5. The maximum atomic E-state index is 12.5. The first-order valence-electron chi connectivity index (χ1n) is 28.8. The Morgan fingerprint density at radius 2 is 0.634 bits per heavy atom. The SMILES string of the molecule is CC/C=C\C/C=C\C/C=C\C/C=C\C/C=C\C/C=C\C/C=C\C/C=C\C/C=C\C/C=C\C/C=C\CCCCCCCC(=O)NC(CO)C(O)/C=C/CC/C=C/CC/C=C/CCCCCCCCCCCC. The molecule has 0 spiro atoms. The molecule has 0 bridgehead atoms. The van der Waals surface area contributed by atoms with Crippen LogP contribution in [0.5, 0.6) is 0 Å². The van der Waals surface area contributed by atoms with Gasteiger partial charge >= 0.3 is 0 Å². The van der Waals surface area contributed by atoms with E-state index < -0.39 is 12.1 Å². The molecule has 398 valence electrons. The quantitative estimate of drug-likeness (QED) is 0.0420. The van der Waals surface area contributed by atoms with Crippen LogP contribution in [0.2, 0.25) is 0 Å². The van der Waals surface area contributed by atoms with E-state index >= 15 is 0 Å². The summed E-state index contributed by atoms with van der Waals surface area (Å²) < 4.78 is 0. The lowest BCUT2D eigenvalue weighted by Gasteiger charge is -2.19. The number of carbonyl (C=O) groups is 1. The smallest absolute Gasteiger partial charge is 0.220 e. The van der Waals surface area contributed by atoms with Gasteiger partial charge in [-0.15, -0.1) is 0 Å². The number of hydrogen-bond donors (Lipinski definition) is 3. The van der Waals surface area contributed by atoms with Crippen LogP contribution in [0.1, 0.15) is 226 Å². The average Bonchev–Trinajstić information content (AvgIpc) is 3.37. The van der Waals surface area contributed by atoms with Crippen molar-refractivity contribution in [2.45, 2.75) is 238 Å². The van der Waals surface area contributed by atoms with Gasteiger partial charge in [-0.3, -0.25) is 4.79 Å². The van der Waals surface area contributed by atoms with Crippen molar-refractivity contribution in [1.82, 2.24) is 5.32 Å². The van der Waals surface area contributed by atoms with E-state index in [4.69, 9.17) is 0 Å². The second-order valence-electron chi connectivity index (χ2n) is 18.6. The Morgan fingerprint density at radius 1 is 0.352 bits per heavy atom. The largest absolute Gasteiger partial charge is 0.394 e. The van der Waals surface area contributed by atoms with E-state index in [1.807, 2.05) is 6.08 Å². The van der Waals surface area contributed by atoms with Crippen molar-refractivity contribution < 1.29 is 15.0 Å². The number of allylic oxidation sites excluding steroid dienone is 27. The lowest BCUT2D eigenvalue weighted by molar-refractivity contribution is -0.123. The number of hydrogen-bond acceptors (Lipinski definition) is 3. The molecule has 0 aliphatic heterocycles. The van der Waals surface area contributed by atoms with Crippen molar-refractivity contribution in [2.24, 2.45) is 0 Å². The van der Waals surface area contributed by atoms with Gasteiger partial charge in [0.1, 0.15) is 0 Å². The summed E-state index contributed by atoms with van der Waals surface area (Å²) in [5.74, 6) is -0.104. The molecule has 3 N–H and O–H groups in total. The predicted molar refractivity (Wildman–Crippen MR) is 317 cm³/mol. The van der Waals surface area contributed by atoms with Gasteiger partial charge in [0.25, 0.3) is 0 Å². The number of carbonyl (C=O) groups excluding carboxylic acids is 1. The van der Waals surface area contributed by atoms with Gasteiger partial charge in [0.05, 0.1) is 18.8 Å². The number of aliphatic hydroxyl groups excluding tert-OH is 2.